The smallest absolute Gasteiger partial charge is 0.275 e. The molecular weight excluding hydrogens is 384 g/mol. The number of hydrogen-bond acceptors (Lipinski definition) is 4. The molecule has 0 N–H and O–H groups in total. The van der Waals surface area contributed by atoms with Crippen LogP contribution in [-0.2, 0) is 11.3 Å². The summed E-state index contributed by atoms with van der Waals surface area (Å²) in [5, 5.41) is 4.49. The molecule has 1 heterocycles. The summed E-state index contributed by atoms with van der Waals surface area (Å²) < 4.78 is 3.14. The van der Waals surface area contributed by atoms with Crippen molar-refractivity contribution in [3.05, 3.63) is 35.2 Å². The highest BCUT2D eigenvalue weighted by molar-refractivity contribution is 6.76. The van der Waals surface area contributed by atoms with Gasteiger partial charge in [0.25, 0.3) is 9.70 Å². The van der Waals surface area contributed by atoms with Crippen molar-refractivity contribution >= 4 is 52.3 Å². The summed E-state index contributed by atoms with van der Waals surface area (Å²) in [5.74, 6) is -0.0169. The van der Waals surface area contributed by atoms with E-state index in [0.717, 1.165) is 5.56 Å². The van der Waals surface area contributed by atoms with Crippen LogP contribution in [0, 0.1) is 0 Å². The maximum Gasteiger partial charge on any atom is 0.275 e. The van der Waals surface area contributed by atoms with E-state index in [1.54, 1.807) is 38.1 Å². The van der Waals surface area contributed by atoms with Crippen LogP contribution in [0.3, 0.4) is 0 Å². The van der Waals surface area contributed by atoms with Gasteiger partial charge in [0.15, 0.2) is 0 Å². The van der Waals surface area contributed by atoms with Crippen molar-refractivity contribution in [3.63, 3.8) is 0 Å². The van der Waals surface area contributed by atoms with E-state index in [1.807, 2.05) is 0 Å². The molecule has 0 atom stereocenters. The third-order valence-electron chi connectivity index (χ3n) is 3.00. The van der Waals surface area contributed by atoms with Gasteiger partial charge >= 0.3 is 0 Å². The molecule has 0 bridgehead atoms. The zero-order chi connectivity index (χ0) is 17.2. The minimum atomic E-state index is -2.04. The van der Waals surface area contributed by atoms with Crippen molar-refractivity contribution < 1.29 is 9.32 Å². The Bertz CT molecular complexity index is 680. The van der Waals surface area contributed by atoms with Crippen LogP contribution in [0.25, 0.3) is 11.4 Å². The van der Waals surface area contributed by atoms with Crippen molar-refractivity contribution in [1.82, 2.24) is 15.0 Å². The second-order valence-corrected chi connectivity index (χ2v) is 7.76. The molecule has 0 saturated heterocycles. The Kier molecular flexibility index (Phi) is 5.79. The van der Waals surface area contributed by atoms with E-state index < -0.39 is 9.70 Å². The Morgan fingerprint density at radius 2 is 1.87 bits per heavy atom. The van der Waals surface area contributed by atoms with Gasteiger partial charge in [-0.1, -0.05) is 51.6 Å². The van der Waals surface area contributed by atoms with Gasteiger partial charge in [-0.3, -0.25) is 4.79 Å². The number of rotatable bonds is 4. The summed E-state index contributed by atoms with van der Waals surface area (Å²) in [7, 11) is 0. The number of hydrogen-bond donors (Lipinski definition) is 0. The lowest BCUT2D eigenvalue weighted by molar-refractivity contribution is -0.133. The molecule has 0 spiro atoms. The number of amides is 1. The number of halogens is 4. The van der Waals surface area contributed by atoms with Crippen LogP contribution in [0.4, 0.5) is 0 Å². The Hall–Kier alpha value is -1.01. The maximum atomic E-state index is 12.2. The van der Waals surface area contributed by atoms with Crippen molar-refractivity contribution in [2.45, 2.75) is 30.2 Å². The summed E-state index contributed by atoms with van der Waals surface area (Å²) in [6.45, 7) is 3.64. The van der Waals surface area contributed by atoms with Crippen molar-refractivity contribution in [2.24, 2.45) is 0 Å². The third kappa shape index (κ3) is 4.73. The van der Waals surface area contributed by atoms with Crippen LogP contribution in [0.1, 0.15) is 19.7 Å². The number of carbonyl (C=O) groups is 1. The lowest BCUT2D eigenvalue weighted by Crippen LogP contribution is -2.43. The molecular formula is C14H13Cl4N3O2. The van der Waals surface area contributed by atoms with Gasteiger partial charge < -0.3 is 9.42 Å². The Labute approximate surface area is 153 Å². The predicted octanol–water partition coefficient (Wildman–Crippen LogP) is 4.50. The highest BCUT2D eigenvalue weighted by Crippen LogP contribution is 2.30. The minimum Gasteiger partial charge on any atom is -0.337 e. The first-order valence-electron chi connectivity index (χ1n) is 6.65. The molecule has 5 nitrogen and oxygen atoms in total. The maximum absolute atomic E-state index is 12.2. The summed E-state index contributed by atoms with van der Waals surface area (Å²) in [6, 6.07) is 6.77. The molecule has 0 unspecified atom stereocenters. The highest BCUT2D eigenvalue weighted by Gasteiger charge is 2.37. The van der Waals surface area contributed by atoms with E-state index >= 15 is 0 Å². The first-order chi connectivity index (χ1) is 10.7. The van der Waals surface area contributed by atoms with E-state index in [1.165, 1.54) is 4.90 Å². The summed E-state index contributed by atoms with van der Waals surface area (Å²) in [4.78, 5) is 17.8. The average Bonchev–Trinajstić information content (AvgIpc) is 2.92. The normalized spacial score (nSPS) is 11.8. The van der Waals surface area contributed by atoms with Gasteiger partial charge in [0.05, 0.1) is 0 Å². The predicted molar refractivity (Wildman–Crippen MR) is 90.7 cm³/mol. The molecule has 124 valence electrons. The molecule has 0 aliphatic carbocycles. The van der Waals surface area contributed by atoms with Crippen molar-refractivity contribution in [1.29, 1.82) is 0 Å². The Morgan fingerprint density at radius 3 is 2.39 bits per heavy atom. The fourth-order valence-electron chi connectivity index (χ4n) is 1.83. The van der Waals surface area contributed by atoms with Gasteiger partial charge in [0.1, 0.15) is 6.54 Å². The fourth-order valence-corrected chi connectivity index (χ4v) is 2.28. The van der Waals surface area contributed by atoms with E-state index in [2.05, 4.69) is 10.1 Å². The SMILES string of the molecule is CC(C)N(Cc1nc(-c2ccc(Cl)cc2)no1)C(=O)C(Cl)(Cl)Cl. The molecule has 2 rings (SSSR count). The number of nitrogens with zero attached hydrogens (tertiary/aromatic N) is 3. The summed E-state index contributed by atoms with van der Waals surface area (Å²) >= 11 is 22.8. The van der Waals surface area contributed by atoms with Gasteiger partial charge in [-0.05, 0) is 38.1 Å². The first kappa shape index (κ1) is 18.3. The largest absolute Gasteiger partial charge is 0.337 e. The average molecular weight is 397 g/mol. The minimum absolute atomic E-state index is 0.0466. The molecule has 1 amide bonds. The molecule has 1 aromatic heterocycles. The molecule has 1 aromatic carbocycles. The molecule has 2 aromatic rings. The van der Waals surface area contributed by atoms with Crippen LogP contribution >= 0.6 is 46.4 Å². The summed E-state index contributed by atoms with van der Waals surface area (Å²) in [6.07, 6.45) is 0. The van der Waals surface area contributed by atoms with Crippen LogP contribution in [0.5, 0.6) is 0 Å². The zero-order valence-corrected chi connectivity index (χ0v) is 15.3. The first-order valence-corrected chi connectivity index (χ1v) is 8.16. The van der Waals surface area contributed by atoms with Gasteiger partial charge in [0.2, 0.25) is 11.7 Å². The van der Waals surface area contributed by atoms with Crippen LogP contribution in [0.15, 0.2) is 28.8 Å². The monoisotopic (exact) mass is 395 g/mol. The van der Waals surface area contributed by atoms with Crippen molar-refractivity contribution in [3.8, 4) is 11.4 Å². The lowest BCUT2D eigenvalue weighted by Gasteiger charge is -2.27. The van der Waals surface area contributed by atoms with Gasteiger partial charge in [-0.15, -0.1) is 0 Å². The van der Waals surface area contributed by atoms with Crippen LogP contribution in [-0.4, -0.2) is 30.8 Å². The van der Waals surface area contributed by atoms with Gasteiger partial charge in [-0.25, -0.2) is 0 Å². The molecule has 0 aliphatic heterocycles. The van der Waals surface area contributed by atoms with E-state index in [0.29, 0.717) is 10.8 Å². The van der Waals surface area contributed by atoms with Crippen molar-refractivity contribution in [2.75, 3.05) is 0 Å². The van der Waals surface area contributed by atoms with Crippen LogP contribution < -0.4 is 0 Å². The zero-order valence-electron chi connectivity index (χ0n) is 12.3. The standard InChI is InChI=1S/C14H13Cl4N3O2/c1-8(2)21(13(22)14(16,17)18)7-11-19-12(20-23-11)9-3-5-10(15)6-4-9/h3-6,8H,7H2,1-2H3. The van der Waals surface area contributed by atoms with Crippen LogP contribution in [0.2, 0.25) is 5.02 Å². The number of alkyl halides is 3. The number of carbonyl (C=O) groups excluding carboxylic acids is 1. The van der Waals surface area contributed by atoms with E-state index in [4.69, 9.17) is 50.9 Å². The molecule has 0 aliphatic rings. The second kappa shape index (κ2) is 7.26. The molecule has 0 fully saturated rings. The highest BCUT2D eigenvalue weighted by atomic mass is 35.6. The van der Waals surface area contributed by atoms with E-state index in [-0.39, 0.29) is 18.5 Å². The van der Waals surface area contributed by atoms with Gasteiger partial charge in [0, 0.05) is 16.6 Å². The Morgan fingerprint density at radius 1 is 1.26 bits per heavy atom. The summed E-state index contributed by atoms with van der Waals surface area (Å²) in [5.41, 5.74) is 0.744. The molecule has 0 radical (unpaired) electrons. The molecule has 0 saturated carbocycles. The number of aromatic nitrogens is 2. The number of benzene rings is 1. The third-order valence-corrected chi connectivity index (χ3v) is 3.74. The Balaban J connectivity index is 2.19. The fraction of sp³-hybridized carbons (Fsp3) is 0.357. The van der Waals surface area contributed by atoms with Gasteiger partial charge in [-0.2, -0.15) is 4.98 Å². The molecule has 23 heavy (non-hydrogen) atoms. The lowest BCUT2D eigenvalue weighted by atomic mass is 10.2. The quantitative estimate of drug-likeness (QED) is 0.714. The molecule has 9 heteroatoms. The topological polar surface area (TPSA) is 59.2 Å². The second-order valence-electron chi connectivity index (χ2n) is 5.04. The van der Waals surface area contributed by atoms with E-state index in [9.17, 15) is 4.79 Å².